The Hall–Kier alpha value is -1.10. The Morgan fingerprint density at radius 1 is 1.39 bits per heavy atom. The summed E-state index contributed by atoms with van der Waals surface area (Å²) in [5, 5.41) is 2.82. The van der Waals surface area contributed by atoms with Crippen molar-refractivity contribution in [1.29, 1.82) is 0 Å². The number of rotatable bonds is 5. The molecule has 1 heterocycles. The van der Waals surface area contributed by atoms with Gasteiger partial charge in [0, 0.05) is 19.5 Å². The van der Waals surface area contributed by atoms with Crippen LogP contribution in [0.4, 0.5) is 0 Å². The van der Waals surface area contributed by atoms with Crippen LogP contribution in [0.1, 0.15) is 39.0 Å². The summed E-state index contributed by atoms with van der Waals surface area (Å²) < 4.78 is 0. The average molecular weight is 255 g/mol. The highest BCUT2D eigenvalue weighted by Gasteiger charge is 2.18. The third kappa shape index (κ3) is 5.49. The molecule has 1 atom stereocenters. The number of nitrogens with two attached hydrogens (primary N) is 1. The van der Waals surface area contributed by atoms with E-state index < -0.39 is 0 Å². The number of hydrogen-bond acceptors (Lipinski definition) is 3. The molecule has 0 bridgehead atoms. The van der Waals surface area contributed by atoms with Crippen LogP contribution in [-0.4, -0.2) is 42.9 Å². The number of nitrogens with zero attached hydrogens (tertiary/aromatic N) is 1. The fourth-order valence-electron chi connectivity index (χ4n) is 1.98. The molecule has 0 spiro atoms. The van der Waals surface area contributed by atoms with E-state index in [0.29, 0.717) is 26.1 Å². The number of hydrogen-bond donors (Lipinski definition) is 2. The van der Waals surface area contributed by atoms with E-state index in [1.807, 2.05) is 6.92 Å². The molecule has 0 aliphatic carbocycles. The zero-order chi connectivity index (χ0) is 13.4. The molecule has 2 amide bonds. The van der Waals surface area contributed by atoms with E-state index in [4.69, 9.17) is 5.73 Å². The summed E-state index contributed by atoms with van der Waals surface area (Å²) >= 11 is 0. The molecule has 1 aliphatic heterocycles. The van der Waals surface area contributed by atoms with Crippen LogP contribution in [0.15, 0.2) is 0 Å². The van der Waals surface area contributed by atoms with Gasteiger partial charge in [0.2, 0.25) is 11.8 Å². The van der Waals surface area contributed by atoms with Crippen molar-refractivity contribution in [2.24, 2.45) is 11.7 Å². The zero-order valence-corrected chi connectivity index (χ0v) is 11.3. The van der Waals surface area contributed by atoms with Crippen molar-refractivity contribution < 1.29 is 9.59 Å². The predicted molar refractivity (Wildman–Crippen MR) is 70.9 cm³/mol. The molecule has 0 aromatic heterocycles. The minimum atomic E-state index is -0.0794. The standard InChI is InChI=1S/C13H25N3O2/c1-11(8-14)9-15-12(17)10-16-7-5-3-2-4-6-13(16)18/h11H,2-10,14H2,1H3,(H,15,17). The maximum Gasteiger partial charge on any atom is 0.239 e. The van der Waals surface area contributed by atoms with Gasteiger partial charge in [-0.3, -0.25) is 9.59 Å². The van der Waals surface area contributed by atoms with Gasteiger partial charge < -0.3 is 16.0 Å². The van der Waals surface area contributed by atoms with E-state index in [2.05, 4.69) is 5.32 Å². The van der Waals surface area contributed by atoms with Gasteiger partial charge in [-0.2, -0.15) is 0 Å². The van der Waals surface area contributed by atoms with Crippen molar-refractivity contribution in [2.75, 3.05) is 26.2 Å². The van der Waals surface area contributed by atoms with Crippen LogP contribution in [0, 0.1) is 5.92 Å². The van der Waals surface area contributed by atoms with Gasteiger partial charge >= 0.3 is 0 Å². The third-order valence-corrected chi connectivity index (χ3v) is 3.31. The van der Waals surface area contributed by atoms with Crippen LogP contribution in [0.3, 0.4) is 0 Å². The first-order chi connectivity index (χ1) is 8.63. The second-order valence-electron chi connectivity index (χ2n) is 5.12. The molecule has 0 saturated carbocycles. The summed E-state index contributed by atoms with van der Waals surface area (Å²) in [7, 11) is 0. The first kappa shape index (κ1) is 15.0. The second-order valence-corrected chi connectivity index (χ2v) is 5.12. The Kier molecular flexibility index (Phi) is 6.72. The van der Waals surface area contributed by atoms with E-state index >= 15 is 0 Å². The molecular weight excluding hydrogens is 230 g/mol. The van der Waals surface area contributed by atoms with E-state index in [-0.39, 0.29) is 24.3 Å². The third-order valence-electron chi connectivity index (χ3n) is 3.31. The lowest BCUT2D eigenvalue weighted by molar-refractivity contribution is -0.136. The van der Waals surface area contributed by atoms with Gasteiger partial charge in [-0.15, -0.1) is 0 Å². The maximum atomic E-state index is 11.8. The highest BCUT2D eigenvalue weighted by atomic mass is 16.2. The number of carbonyl (C=O) groups is 2. The molecule has 1 aliphatic rings. The number of amides is 2. The average Bonchev–Trinajstić information content (AvgIpc) is 2.35. The van der Waals surface area contributed by atoms with E-state index in [9.17, 15) is 9.59 Å². The first-order valence-electron chi connectivity index (χ1n) is 6.88. The Labute approximate surface area is 109 Å². The fraction of sp³-hybridized carbons (Fsp3) is 0.846. The van der Waals surface area contributed by atoms with Crippen molar-refractivity contribution in [3.63, 3.8) is 0 Å². The van der Waals surface area contributed by atoms with Crippen LogP contribution in [0.2, 0.25) is 0 Å². The molecular formula is C13H25N3O2. The predicted octanol–water partition coefficient (Wildman–Crippen LogP) is 0.490. The summed E-state index contributed by atoms with van der Waals surface area (Å²) in [4.78, 5) is 25.2. The van der Waals surface area contributed by atoms with E-state index in [1.165, 1.54) is 0 Å². The largest absolute Gasteiger partial charge is 0.354 e. The van der Waals surface area contributed by atoms with Gasteiger partial charge in [0.1, 0.15) is 0 Å². The monoisotopic (exact) mass is 255 g/mol. The first-order valence-corrected chi connectivity index (χ1v) is 6.88. The lowest BCUT2D eigenvalue weighted by atomic mass is 10.1. The normalized spacial score (nSPS) is 19.0. The van der Waals surface area contributed by atoms with Crippen molar-refractivity contribution in [3.05, 3.63) is 0 Å². The second kappa shape index (κ2) is 8.08. The molecule has 1 saturated heterocycles. The Balaban J connectivity index is 2.33. The molecule has 0 radical (unpaired) electrons. The molecule has 0 aromatic rings. The molecule has 5 nitrogen and oxygen atoms in total. The van der Waals surface area contributed by atoms with Crippen molar-refractivity contribution >= 4 is 11.8 Å². The van der Waals surface area contributed by atoms with Crippen molar-refractivity contribution in [3.8, 4) is 0 Å². The highest BCUT2D eigenvalue weighted by Crippen LogP contribution is 2.11. The van der Waals surface area contributed by atoms with E-state index in [1.54, 1.807) is 4.90 Å². The van der Waals surface area contributed by atoms with E-state index in [0.717, 1.165) is 25.7 Å². The molecule has 1 unspecified atom stereocenters. The molecule has 0 aromatic carbocycles. The zero-order valence-electron chi connectivity index (χ0n) is 11.3. The molecule has 1 fully saturated rings. The molecule has 18 heavy (non-hydrogen) atoms. The van der Waals surface area contributed by atoms with Gasteiger partial charge in [-0.1, -0.05) is 19.8 Å². The smallest absolute Gasteiger partial charge is 0.239 e. The van der Waals surface area contributed by atoms with Gasteiger partial charge in [-0.05, 0) is 25.3 Å². The lowest BCUT2D eigenvalue weighted by Gasteiger charge is -2.24. The molecule has 3 N–H and O–H groups in total. The Bertz CT molecular complexity index is 281. The van der Waals surface area contributed by atoms with Crippen LogP contribution < -0.4 is 11.1 Å². The van der Waals surface area contributed by atoms with Gasteiger partial charge in [0.05, 0.1) is 6.54 Å². The number of likely N-dealkylation sites (tertiary alicyclic amines) is 1. The quantitative estimate of drug-likeness (QED) is 0.750. The summed E-state index contributed by atoms with van der Waals surface area (Å²) in [6.07, 6.45) is 4.79. The number of nitrogens with one attached hydrogen (secondary N) is 1. The fourth-order valence-corrected chi connectivity index (χ4v) is 1.98. The SMILES string of the molecule is CC(CN)CNC(=O)CN1CCCCCCC1=O. The molecule has 5 heteroatoms. The minimum Gasteiger partial charge on any atom is -0.354 e. The van der Waals surface area contributed by atoms with Crippen molar-refractivity contribution in [1.82, 2.24) is 10.2 Å². The van der Waals surface area contributed by atoms with Crippen LogP contribution in [-0.2, 0) is 9.59 Å². The van der Waals surface area contributed by atoms with Gasteiger partial charge in [0.25, 0.3) is 0 Å². The topological polar surface area (TPSA) is 75.4 Å². The lowest BCUT2D eigenvalue weighted by Crippen LogP contribution is -2.43. The van der Waals surface area contributed by atoms with Crippen molar-refractivity contribution in [2.45, 2.75) is 39.0 Å². The van der Waals surface area contributed by atoms with Gasteiger partial charge in [-0.25, -0.2) is 0 Å². The number of carbonyl (C=O) groups excluding carboxylic acids is 2. The van der Waals surface area contributed by atoms with Crippen LogP contribution in [0.25, 0.3) is 0 Å². The van der Waals surface area contributed by atoms with Gasteiger partial charge in [0.15, 0.2) is 0 Å². The highest BCUT2D eigenvalue weighted by molar-refractivity contribution is 5.84. The maximum absolute atomic E-state index is 11.8. The molecule has 1 rings (SSSR count). The summed E-state index contributed by atoms with van der Waals surface area (Å²) in [6, 6.07) is 0. The molecule has 104 valence electrons. The van der Waals surface area contributed by atoms with Crippen LogP contribution >= 0.6 is 0 Å². The Morgan fingerprint density at radius 2 is 2.11 bits per heavy atom. The summed E-state index contributed by atoms with van der Waals surface area (Å²) in [6.45, 7) is 4.02. The van der Waals surface area contributed by atoms with Crippen LogP contribution in [0.5, 0.6) is 0 Å². The summed E-state index contributed by atoms with van der Waals surface area (Å²) in [5.74, 6) is 0.304. The minimum absolute atomic E-state index is 0.0794. The Morgan fingerprint density at radius 3 is 2.83 bits per heavy atom. The summed E-state index contributed by atoms with van der Waals surface area (Å²) in [5.41, 5.74) is 5.49.